The molecule has 1 aromatic rings. The average molecular weight is 347 g/mol. The van der Waals surface area contributed by atoms with Crippen LogP contribution in [0.25, 0.3) is 0 Å². The summed E-state index contributed by atoms with van der Waals surface area (Å²) in [5.74, 6) is 0.972. The van der Waals surface area contributed by atoms with Crippen molar-refractivity contribution >= 4 is 5.96 Å². The molecule has 0 bridgehead atoms. The summed E-state index contributed by atoms with van der Waals surface area (Å²) in [7, 11) is 3.97. The lowest BCUT2D eigenvalue weighted by Gasteiger charge is -2.36. The number of nitrogens with one attached hydrogen (secondary N) is 1. The van der Waals surface area contributed by atoms with E-state index in [-0.39, 0.29) is 0 Å². The van der Waals surface area contributed by atoms with Gasteiger partial charge in [-0.05, 0) is 18.9 Å². The van der Waals surface area contributed by atoms with Crippen LogP contribution in [-0.2, 0) is 4.74 Å². The number of aliphatic imine (C=N–C) groups is 1. The highest BCUT2D eigenvalue weighted by atomic mass is 16.5. The van der Waals surface area contributed by atoms with Crippen molar-refractivity contribution in [2.45, 2.75) is 32.7 Å². The first-order chi connectivity index (χ1) is 12.2. The number of ether oxygens (including phenoxy) is 1. The number of guanidine groups is 1. The number of hydrogen-bond donors (Lipinski definition) is 1. The Hall–Kier alpha value is -1.59. The molecule has 1 heterocycles. The number of hydrogen-bond acceptors (Lipinski definition) is 3. The SMILES string of the molecule is CCCCN(C)C(=NC)NCC(c1cccc(C)c1)N1CCOCC1. The van der Waals surface area contributed by atoms with Gasteiger partial charge in [-0.2, -0.15) is 0 Å². The Morgan fingerprint density at radius 1 is 1.36 bits per heavy atom. The molecule has 0 radical (unpaired) electrons. The van der Waals surface area contributed by atoms with Gasteiger partial charge in [0.25, 0.3) is 0 Å². The van der Waals surface area contributed by atoms with Gasteiger partial charge in [0.15, 0.2) is 5.96 Å². The molecule has 0 amide bonds. The monoisotopic (exact) mass is 346 g/mol. The van der Waals surface area contributed by atoms with Crippen LogP contribution in [0.4, 0.5) is 0 Å². The first kappa shape index (κ1) is 19.7. The maximum absolute atomic E-state index is 5.54. The van der Waals surface area contributed by atoms with E-state index >= 15 is 0 Å². The Balaban J connectivity index is 2.07. The molecule has 1 N–H and O–H groups in total. The molecule has 1 fully saturated rings. The molecule has 1 aromatic carbocycles. The van der Waals surface area contributed by atoms with E-state index in [1.807, 2.05) is 7.05 Å². The van der Waals surface area contributed by atoms with Crippen LogP contribution in [0.15, 0.2) is 29.3 Å². The fourth-order valence-corrected chi connectivity index (χ4v) is 3.30. The molecule has 1 aliphatic rings. The Kier molecular flexibility index (Phi) is 8.22. The molecule has 25 heavy (non-hydrogen) atoms. The molecule has 0 saturated carbocycles. The van der Waals surface area contributed by atoms with Gasteiger partial charge in [0.05, 0.1) is 19.3 Å². The summed E-state index contributed by atoms with van der Waals surface area (Å²) in [6.45, 7) is 9.84. The zero-order valence-corrected chi connectivity index (χ0v) is 16.3. The van der Waals surface area contributed by atoms with Gasteiger partial charge in [-0.3, -0.25) is 9.89 Å². The van der Waals surface area contributed by atoms with E-state index in [0.29, 0.717) is 6.04 Å². The first-order valence-corrected chi connectivity index (χ1v) is 9.45. The molecule has 1 atom stereocenters. The van der Waals surface area contributed by atoms with Crippen LogP contribution < -0.4 is 5.32 Å². The highest BCUT2D eigenvalue weighted by molar-refractivity contribution is 5.79. The molecule has 5 nitrogen and oxygen atoms in total. The minimum atomic E-state index is 0.333. The van der Waals surface area contributed by atoms with Crippen molar-refractivity contribution in [3.8, 4) is 0 Å². The van der Waals surface area contributed by atoms with Gasteiger partial charge in [0.2, 0.25) is 0 Å². The number of aryl methyl sites for hydroxylation is 1. The van der Waals surface area contributed by atoms with Crippen molar-refractivity contribution in [2.24, 2.45) is 4.99 Å². The summed E-state index contributed by atoms with van der Waals surface area (Å²) in [5, 5.41) is 3.59. The van der Waals surface area contributed by atoms with Crippen LogP contribution in [0, 0.1) is 6.92 Å². The van der Waals surface area contributed by atoms with Crippen LogP contribution in [0.5, 0.6) is 0 Å². The number of morpholine rings is 1. The zero-order valence-electron chi connectivity index (χ0n) is 16.3. The van der Waals surface area contributed by atoms with E-state index in [9.17, 15) is 0 Å². The van der Waals surface area contributed by atoms with Crippen LogP contribution in [-0.4, -0.2) is 69.2 Å². The summed E-state index contributed by atoms with van der Waals surface area (Å²) in [4.78, 5) is 9.19. The second-order valence-corrected chi connectivity index (χ2v) is 6.78. The third kappa shape index (κ3) is 6.01. The van der Waals surface area contributed by atoms with E-state index in [4.69, 9.17) is 4.74 Å². The highest BCUT2D eigenvalue weighted by Crippen LogP contribution is 2.22. The van der Waals surface area contributed by atoms with E-state index in [1.165, 1.54) is 24.0 Å². The van der Waals surface area contributed by atoms with Crippen molar-refractivity contribution in [3.05, 3.63) is 35.4 Å². The first-order valence-electron chi connectivity index (χ1n) is 9.45. The van der Waals surface area contributed by atoms with Gasteiger partial charge in [-0.25, -0.2) is 0 Å². The van der Waals surface area contributed by atoms with E-state index in [2.05, 4.69) is 65.3 Å². The van der Waals surface area contributed by atoms with Crippen LogP contribution in [0.2, 0.25) is 0 Å². The smallest absolute Gasteiger partial charge is 0.193 e. The highest BCUT2D eigenvalue weighted by Gasteiger charge is 2.23. The van der Waals surface area contributed by atoms with Gasteiger partial charge in [-0.15, -0.1) is 0 Å². The molecule has 0 aromatic heterocycles. The molecule has 140 valence electrons. The fourth-order valence-electron chi connectivity index (χ4n) is 3.30. The predicted molar refractivity (Wildman–Crippen MR) is 105 cm³/mol. The molecule has 0 spiro atoms. The Morgan fingerprint density at radius 2 is 2.12 bits per heavy atom. The van der Waals surface area contributed by atoms with Gasteiger partial charge < -0.3 is 15.0 Å². The Morgan fingerprint density at radius 3 is 2.76 bits per heavy atom. The molecule has 1 saturated heterocycles. The lowest BCUT2D eigenvalue weighted by Crippen LogP contribution is -2.46. The normalized spacial score (nSPS) is 17.4. The number of benzene rings is 1. The Labute approximate surface area is 153 Å². The molecule has 0 aliphatic carbocycles. The maximum atomic E-state index is 5.54. The van der Waals surface area contributed by atoms with Gasteiger partial charge in [0.1, 0.15) is 0 Å². The summed E-state index contributed by atoms with van der Waals surface area (Å²) < 4.78 is 5.54. The van der Waals surface area contributed by atoms with Gasteiger partial charge >= 0.3 is 0 Å². The number of nitrogens with zero attached hydrogens (tertiary/aromatic N) is 3. The second-order valence-electron chi connectivity index (χ2n) is 6.78. The van der Waals surface area contributed by atoms with Crippen molar-refractivity contribution in [3.63, 3.8) is 0 Å². The van der Waals surface area contributed by atoms with E-state index in [1.54, 1.807) is 0 Å². The zero-order chi connectivity index (χ0) is 18.1. The summed E-state index contributed by atoms with van der Waals surface area (Å²) >= 11 is 0. The second kappa shape index (κ2) is 10.4. The minimum absolute atomic E-state index is 0.333. The molecule has 1 unspecified atom stereocenters. The molecule has 2 rings (SSSR count). The van der Waals surface area contributed by atoms with Crippen molar-refractivity contribution in [1.82, 2.24) is 15.1 Å². The topological polar surface area (TPSA) is 40.1 Å². The number of rotatable bonds is 7. The van der Waals surface area contributed by atoms with E-state index in [0.717, 1.165) is 45.4 Å². The third-order valence-electron chi connectivity index (χ3n) is 4.79. The van der Waals surface area contributed by atoms with Crippen molar-refractivity contribution in [2.75, 3.05) is 53.5 Å². The van der Waals surface area contributed by atoms with Crippen molar-refractivity contribution < 1.29 is 4.74 Å². The summed E-state index contributed by atoms with van der Waals surface area (Å²) in [6, 6.07) is 9.18. The van der Waals surface area contributed by atoms with Crippen LogP contribution in [0.1, 0.15) is 36.9 Å². The number of unbranched alkanes of at least 4 members (excludes halogenated alkanes) is 1. The van der Waals surface area contributed by atoms with Crippen molar-refractivity contribution in [1.29, 1.82) is 0 Å². The van der Waals surface area contributed by atoms with E-state index < -0.39 is 0 Å². The fraction of sp³-hybridized carbons (Fsp3) is 0.650. The predicted octanol–water partition coefficient (Wildman–Crippen LogP) is 2.68. The largest absolute Gasteiger partial charge is 0.379 e. The minimum Gasteiger partial charge on any atom is -0.379 e. The Bertz CT molecular complexity index is 540. The lowest BCUT2D eigenvalue weighted by molar-refractivity contribution is 0.0169. The van der Waals surface area contributed by atoms with Crippen LogP contribution >= 0.6 is 0 Å². The summed E-state index contributed by atoms with van der Waals surface area (Å²) in [6.07, 6.45) is 2.38. The molecular formula is C20H34N4O. The average Bonchev–Trinajstić information content (AvgIpc) is 2.64. The van der Waals surface area contributed by atoms with Gasteiger partial charge in [0, 0.05) is 40.3 Å². The lowest BCUT2D eigenvalue weighted by atomic mass is 10.0. The standard InChI is InChI=1S/C20H34N4O/c1-5-6-10-23(4)20(21-3)22-16-19(24-11-13-25-14-12-24)18-9-7-8-17(2)15-18/h7-9,15,19H,5-6,10-14,16H2,1-4H3,(H,21,22). The third-order valence-corrected chi connectivity index (χ3v) is 4.79. The van der Waals surface area contributed by atoms with Gasteiger partial charge in [-0.1, -0.05) is 43.2 Å². The van der Waals surface area contributed by atoms with Crippen LogP contribution in [0.3, 0.4) is 0 Å². The molecule has 5 heteroatoms. The quantitative estimate of drug-likeness (QED) is 0.609. The maximum Gasteiger partial charge on any atom is 0.193 e. The molecule has 1 aliphatic heterocycles. The molecular weight excluding hydrogens is 312 g/mol. The summed E-state index contributed by atoms with van der Waals surface area (Å²) in [5.41, 5.74) is 2.67.